The van der Waals surface area contributed by atoms with Gasteiger partial charge in [0.25, 0.3) is 5.91 Å². The van der Waals surface area contributed by atoms with E-state index < -0.39 is 0 Å². The van der Waals surface area contributed by atoms with Crippen LogP contribution in [0.4, 0.5) is 0 Å². The number of aromatic nitrogens is 2. The number of carbonyl (C=O) groups excluding carboxylic acids is 1. The summed E-state index contributed by atoms with van der Waals surface area (Å²) in [6, 6.07) is 14.8. The number of rotatable bonds is 5. The van der Waals surface area contributed by atoms with Crippen molar-refractivity contribution in [3.8, 4) is 0 Å². The summed E-state index contributed by atoms with van der Waals surface area (Å²) in [4.78, 5) is 17.3. The Balaban J connectivity index is 1.89. The predicted molar refractivity (Wildman–Crippen MR) is 102 cm³/mol. The molecule has 4 nitrogen and oxygen atoms in total. The smallest absolute Gasteiger partial charge is 0.251 e. The van der Waals surface area contributed by atoms with E-state index in [1.54, 1.807) is 24.3 Å². The van der Waals surface area contributed by atoms with Crippen LogP contribution in [0, 0.1) is 5.92 Å². The third-order valence-corrected chi connectivity index (χ3v) is 4.33. The van der Waals surface area contributed by atoms with Gasteiger partial charge in [-0.25, -0.2) is 4.98 Å². The van der Waals surface area contributed by atoms with Crippen molar-refractivity contribution in [2.75, 3.05) is 0 Å². The fraction of sp³-hybridized carbons (Fsp3) is 0.300. The Morgan fingerprint density at radius 3 is 2.48 bits per heavy atom. The van der Waals surface area contributed by atoms with E-state index in [0.717, 1.165) is 23.4 Å². The molecule has 1 unspecified atom stereocenters. The molecule has 2 aromatic carbocycles. The van der Waals surface area contributed by atoms with Crippen molar-refractivity contribution < 1.29 is 4.79 Å². The molecule has 0 fully saturated rings. The monoisotopic (exact) mass is 355 g/mol. The van der Waals surface area contributed by atoms with E-state index in [1.807, 2.05) is 25.1 Å². The second-order valence-electron chi connectivity index (χ2n) is 6.67. The lowest BCUT2D eigenvalue weighted by molar-refractivity contribution is 0.0937. The lowest BCUT2D eigenvalue weighted by Crippen LogP contribution is -2.29. The molecule has 0 bridgehead atoms. The molecule has 0 saturated heterocycles. The van der Waals surface area contributed by atoms with Crippen molar-refractivity contribution in [2.45, 2.75) is 33.4 Å². The molecule has 1 amide bonds. The van der Waals surface area contributed by atoms with E-state index in [2.05, 4.69) is 29.8 Å². The molecule has 0 aliphatic heterocycles. The summed E-state index contributed by atoms with van der Waals surface area (Å²) in [6.45, 7) is 7.17. The molecule has 0 spiro atoms. The van der Waals surface area contributed by atoms with Gasteiger partial charge in [0.1, 0.15) is 5.82 Å². The van der Waals surface area contributed by atoms with Gasteiger partial charge in [-0.15, -0.1) is 0 Å². The Kier molecular flexibility index (Phi) is 5.09. The fourth-order valence-electron chi connectivity index (χ4n) is 2.93. The van der Waals surface area contributed by atoms with Gasteiger partial charge < -0.3 is 9.88 Å². The molecule has 0 aliphatic carbocycles. The van der Waals surface area contributed by atoms with Gasteiger partial charge in [-0.1, -0.05) is 37.6 Å². The van der Waals surface area contributed by atoms with Crippen molar-refractivity contribution >= 4 is 28.5 Å². The lowest BCUT2D eigenvalue weighted by Gasteiger charge is -2.17. The minimum Gasteiger partial charge on any atom is -0.342 e. The summed E-state index contributed by atoms with van der Waals surface area (Å²) in [5, 5.41) is 3.66. The molecule has 0 saturated carbocycles. The van der Waals surface area contributed by atoms with Gasteiger partial charge in [-0.3, -0.25) is 4.79 Å². The van der Waals surface area contributed by atoms with Gasteiger partial charge in [-0.2, -0.15) is 0 Å². The van der Waals surface area contributed by atoms with Gasteiger partial charge in [-0.05, 0) is 49.2 Å². The number of nitrogens with one attached hydrogen (secondary N) is 1. The summed E-state index contributed by atoms with van der Waals surface area (Å²) in [5.74, 6) is 1.22. The first-order valence-electron chi connectivity index (χ1n) is 8.47. The lowest BCUT2D eigenvalue weighted by atomic mass is 10.2. The summed E-state index contributed by atoms with van der Waals surface area (Å²) in [6.07, 6.45) is 0. The highest BCUT2D eigenvalue weighted by atomic mass is 35.5. The zero-order valence-corrected chi connectivity index (χ0v) is 15.4. The average molecular weight is 356 g/mol. The first-order chi connectivity index (χ1) is 12.0. The van der Waals surface area contributed by atoms with Crippen molar-refractivity contribution in [1.29, 1.82) is 0 Å². The van der Waals surface area contributed by atoms with Crippen LogP contribution in [0.25, 0.3) is 11.0 Å². The molecular formula is C20H22ClN3O. The number of nitrogens with zero attached hydrogens (tertiary/aromatic N) is 2. The molecule has 1 heterocycles. The molecule has 5 heteroatoms. The van der Waals surface area contributed by atoms with Gasteiger partial charge in [0.15, 0.2) is 0 Å². The van der Waals surface area contributed by atoms with Crippen LogP contribution in [0.2, 0.25) is 5.02 Å². The Morgan fingerprint density at radius 1 is 1.12 bits per heavy atom. The topological polar surface area (TPSA) is 46.9 Å². The van der Waals surface area contributed by atoms with E-state index in [-0.39, 0.29) is 11.9 Å². The van der Waals surface area contributed by atoms with Crippen LogP contribution in [0.3, 0.4) is 0 Å². The minimum absolute atomic E-state index is 0.132. The van der Waals surface area contributed by atoms with Crippen molar-refractivity contribution in [3.63, 3.8) is 0 Å². The van der Waals surface area contributed by atoms with E-state index in [9.17, 15) is 4.79 Å². The maximum Gasteiger partial charge on any atom is 0.251 e. The highest BCUT2D eigenvalue weighted by molar-refractivity contribution is 6.30. The highest BCUT2D eigenvalue weighted by Gasteiger charge is 2.19. The van der Waals surface area contributed by atoms with E-state index in [4.69, 9.17) is 16.6 Å². The highest BCUT2D eigenvalue weighted by Crippen LogP contribution is 2.22. The summed E-state index contributed by atoms with van der Waals surface area (Å²) < 4.78 is 2.20. The van der Waals surface area contributed by atoms with Crippen LogP contribution >= 0.6 is 11.6 Å². The Morgan fingerprint density at radius 2 is 1.80 bits per heavy atom. The van der Waals surface area contributed by atoms with Crippen LogP contribution in [-0.4, -0.2) is 15.5 Å². The van der Waals surface area contributed by atoms with Crippen LogP contribution in [-0.2, 0) is 6.54 Å². The Hall–Kier alpha value is -2.33. The van der Waals surface area contributed by atoms with Crippen molar-refractivity contribution in [2.24, 2.45) is 5.92 Å². The van der Waals surface area contributed by atoms with Crippen molar-refractivity contribution in [1.82, 2.24) is 14.9 Å². The Bertz CT molecular complexity index is 884. The van der Waals surface area contributed by atoms with Crippen molar-refractivity contribution in [3.05, 3.63) is 64.9 Å². The minimum atomic E-state index is -0.200. The third kappa shape index (κ3) is 3.85. The van der Waals surface area contributed by atoms with Gasteiger partial charge in [0.2, 0.25) is 0 Å². The van der Waals surface area contributed by atoms with E-state index in [1.165, 1.54) is 0 Å². The molecule has 25 heavy (non-hydrogen) atoms. The molecule has 1 N–H and O–H groups in total. The second kappa shape index (κ2) is 7.28. The fourth-order valence-corrected chi connectivity index (χ4v) is 3.05. The zero-order valence-electron chi connectivity index (χ0n) is 14.7. The maximum atomic E-state index is 12.5. The standard InChI is InChI=1S/C20H22ClN3O/c1-13(2)12-24-18-7-5-4-6-17(18)23-19(24)14(3)22-20(25)15-8-10-16(21)11-9-15/h4-11,13-14H,12H2,1-3H3,(H,22,25). The number of fused-ring (bicyclic) bond motifs is 1. The molecule has 1 atom stereocenters. The van der Waals surface area contributed by atoms with Crippen LogP contribution < -0.4 is 5.32 Å². The zero-order chi connectivity index (χ0) is 18.0. The normalized spacial score (nSPS) is 12.5. The number of hydrogen-bond donors (Lipinski definition) is 1. The molecule has 3 aromatic rings. The molecule has 1 aromatic heterocycles. The molecule has 3 rings (SSSR count). The first kappa shape index (κ1) is 17.5. The number of hydrogen-bond acceptors (Lipinski definition) is 2. The maximum absolute atomic E-state index is 12.5. The molecular weight excluding hydrogens is 334 g/mol. The number of imidazole rings is 1. The summed E-state index contributed by atoms with van der Waals surface area (Å²) in [7, 11) is 0. The molecule has 130 valence electrons. The number of para-hydroxylation sites is 2. The largest absolute Gasteiger partial charge is 0.342 e. The SMILES string of the molecule is CC(C)Cn1c(C(C)NC(=O)c2ccc(Cl)cc2)nc2ccccc21. The average Bonchev–Trinajstić information content (AvgIpc) is 2.93. The van der Waals surface area contributed by atoms with Crippen LogP contribution in [0.5, 0.6) is 0 Å². The number of benzene rings is 2. The predicted octanol–water partition coefficient (Wildman–Crippen LogP) is 4.84. The van der Waals surface area contributed by atoms with Crippen LogP contribution in [0.1, 0.15) is 43.0 Å². The van der Waals surface area contributed by atoms with Gasteiger partial charge in [0.05, 0.1) is 17.1 Å². The van der Waals surface area contributed by atoms with E-state index in [0.29, 0.717) is 16.5 Å². The van der Waals surface area contributed by atoms with Gasteiger partial charge >= 0.3 is 0 Å². The van der Waals surface area contributed by atoms with E-state index >= 15 is 0 Å². The number of halogens is 1. The van der Waals surface area contributed by atoms with Gasteiger partial charge in [0, 0.05) is 17.1 Å². The Labute approximate surface area is 152 Å². The summed E-state index contributed by atoms with van der Waals surface area (Å²) >= 11 is 5.89. The number of carbonyl (C=O) groups is 1. The second-order valence-corrected chi connectivity index (χ2v) is 7.10. The van der Waals surface area contributed by atoms with Crippen LogP contribution in [0.15, 0.2) is 48.5 Å². The third-order valence-electron chi connectivity index (χ3n) is 4.07. The molecule has 0 radical (unpaired) electrons. The summed E-state index contributed by atoms with van der Waals surface area (Å²) in [5.41, 5.74) is 2.63. The quantitative estimate of drug-likeness (QED) is 0.712. The first-order valence-corrected chi connectivity index (χ1v) is 8.85. The number of amides is 1. The molecule has 0 aliphatic rings.